The molecule has 4 rings (SSSR count). The number of hydrogen-bond acceptors (Lipinski definition) is 2. The summed E-state index contributed by atoms with van der Waals surface area (Å²) >= 11 is 0. The first-order chi connectivity index (χ1) is 11.1. The van der Waals surface area contributed by atoms with Crippen molar-refractivity contribution in [1.82, 2.24) is 9.55 Å². The van der Waals surface area contributed by atoms with E-state index in [-0.39, 0.29) is 0 Å². The smallest absolute Gasteiger partial charge is 0.315 e. The Balaban J connectivity index is 2.23. The molecule has 0 atom stereocenters. The largest absolute Gasteiger partial charge is 0.321 e. The van der Waals surface area contributed by atoms with Crippen molar-refractivity contribution in [3.63, 3.8) is 0 Å². The summed E-state index contributed by atoms with van der Waals surface area (Å²) < 4.78 is 14.8. The minimum atomic E-state index is -0.738. The maximum Gasteiger partial charge on any atom is 0.321 e. The first-order valence-electron chi connectivity index (χ1n) is 7.08. The molecule has 4 nitrogen and oxygen atoms in total. The number of rotatable bonds is 1. The van der Waals surface area contributed by atoms with Gasteiger partial charge in [0, 0.05) is 5.39 Å². The molecule has 0 fully saturated rings. The molecular formula is C18H11FN2O2. The number of aromatic nitrogens is 2. The van der Waals surface area contributed by atoms with Crippen molar-refractivity contribution in [1.29, 1.82) is 0 Å². The van der Waals surface area contributed by atoms with Gasteiger partial charge in [-0.2, -0.15) is 0 Å². The zero-order chi connectivity index (χ0) is 16.0. The van der Waals surface area contributed by atoms with E-state index in [1.54, 1.807) is 12.1 Å². The van der Waals surface area contributed by atoms with Crippen LogP contribution in [0.4, 0.5) is 4.39 Å². The van der Waals surface area contributed by atoms with Crippen molar-refractivity contribution in [3.8, 4) is 5.69 Å². The molecule has 0 spiro atoms. The van der Waals surface area contributed by atoms with Crippen LogP contribution in [0.1, 0.15) is 0 Å². The molecule has 0 bridgehead atoms. The molecule has 5 heteroatoms. The van der Waals surface area contributed by atoms with Crippen LogP contribution in [0.15, 0.2) is 70.3 Å². The number of aromatic amines is 1. The van der Waals surface area contributed by atoms with E-state index in [4.69, 9.17) is 0 Å². The van der Waals surface area contributed by atoms with Gasteiger partial charge in [-0.3, -0.25) is 14.2 Å². The Morgan fingerprint density at radius 3 is 2.57 bits per heavy atom. The quantitative estimate of drug-likeness (QED) is 0.434. The highest BCUT2D eigenvalue weighted by atomic mass is 19.1. The first kappa shape index (κ1) is 13.5. The van der Waals surface area contributed by atoms with Crippen molar-refractivity contribution in [2.24, 2.45) is 0 Å². The van der Waals surface area contributed by atoms with E-state index in [0.717, 1.165) is 10.8 Å². The molecule has 1 heterocycles. The van der Waals surface area contributed by atoms with Gasteiger partial charge in [0.2, 0.25) is 0 Å². The van der Waals surface area contributed by atoms with E-state index in [2.05, 4.69) is 4.98 Å². The molecule has 0 amide bonds. The summed E-state index contributed by atoms with van der Waals surface area (Å²) in [7, 11) is 0. The Hall–Kier alpha value is -3.21. The van der Waals surface area contributed by atoms with Gasteiger partial charge in [0.1, 0.15) is 5.82 Å². The highest BCUT2D eigenvalue weighted by molar-refractivity contribution is 6.04. The molecule has 112 valence electrons. The average molecular weight is 306 g/mol. The van der Waals surface area contributed by atoms with Gasteiger partial charge in [-0.25, -0.2) is 4.39 Å². The average Bonchev–Trinajstić information content (AvgIpc) is 2.56. The molecule has 3 aromatic carbocycles. The van der Waals surface area contributed by atoms with Gasteiger partial charge in [0.05, 0.1) is 16.7 Å². The summed E-state index contributed by atoms with van der Waals surface area (Å²) in [5.41, 5.74) is -0.0752. The molecule has 1 aromatic heterocycles. The maximum absolute atomic E-state index is 13.5. The predicted molar refractivity (Wildman–Crippen MR) is 87.6 cm³/mol. The summed E-state index contributed by atoms with van der Waals surface area (Å²) in [6.45, 7) is 0. The number of benzene rings is 3. The fraction of sp³-hybridized carbons (Fsp3) is 0. The van der Waals surface area contributed by atoms with Crippen molar-refractivity contribution >= 4 is 21.8 Å². The molecule has 0 saturated heterocycles. The van der Waals surface area contributed by atoms with Gasteiger partial charge in [-0.1, -0.05) is 36.4 Å². The normalized spacial score (nSPS) is 11.2. The van der Waals surface area contributed by atoms with Crippen LogP contribution in [-0.4, -0.2) is 9.55 Å². The Bertz CT molecular complexity index is 1170. The van der Waals surface area contributed by atoms with E-state index in [0.29, 0.717) is 16.7 Å². The fourth-order valence-corrected chi connectivity index (χ4v) is 2.83. The summed E-state index contributed by atoms with van der Waals surface area (Å²) in [5.74, 6) is -0.469. The predicted octanol–water partition coefficient (Wildman–Crippen LogP) is 2.97. The van der Waals surface area contributed by atoms with Crippen LogP contribution in [0, 0.1) is 5.82 Å². The van der Waals surface area contributed by atoms with Crippen LogP contribution in [0.25, 0.3) is 27.5 Å². The van der Waals surface area contributed by atoms with Gasteiger partial charge in [0.25, 0.3) is 0 Å². The number of nitrogens with one attached hydrogen (secondary N) is 1. The Morgan fingerprint density at radius 1 is 0.913 bits per heavy atom. The SMILES string of the molecule is O=c1[nH]c2c3ccccc3ccc2n(-c2cccc(F)c2)c1=O. The third-order valence-electron chi connectivity index (χ3n) is 3.85. The van der Waals surface area contributed by atoms with Crippen LogP contribution in [0.2, 0.25) is 0 Å². The third-order valence-corrected chi connectivity index (χ3v) is 3.85. The van der Waals surface area contributed by atoms with E-state index >= 15 is 0 Å². The molecular weight excluding hydrogens is 295 g/mol. The lowest BCUT2D eigenvalue weighted by molar-refractivity contribution is 0.626. The van der Waals surface area contributed by atoms with Gasteiger partial charge < -0.3 is 4.98 Å². The highest BCUT2D eigenvalue weighted by Crippen LogP contribution is 2.23. The first-order valence-corrected chi connectivity index (χ1v) is 7.08. The van der Waals surface area contributed by atoms with E-state index in [9.17, 15) is 14.0 Å². The van der Waals surface area contributed by atoms with Crippen LogP contribution >= 0.6 is 0 Å². The minimum Gasteiger partial charge on any atom is -0.315 e. The number of hydrogen-bond donors (Lipinski definition) is 1. The van der Waals surface area contributed by atoms with E-state index < -0.39 is 16.9 Å². The van der Waals surface area contributed by atoms with E-state index in [1.165, 1.54) is 22.8 Å². The second-order valence-corrected chi connectivity index (χ2v) is 5.26. The molecule has 0 unspecified atom stereocenters. The van der Waals surface area contributed by atoms with Crippen LogP contribution in [0.5, 0.6) is 0 Å². The van der Waals surface area contributed by atoms with E-state index in [1.807, 2.05) is 30.3 Å². The van der Waals surface area contributed by atoms with Gasteiger partial charge >= 0.3 is 11.1 Å². The fourth-order valence-electron chi connectivity index (χ4n) is 2.83. The van der Waals surface area contributed by atoms with Crippen LogP contribution in [0.3, 0.4) is 0 Å². The highest BCUT2D eigenvalue weighted by Gasteiger charge is 2.12. The Kier molecular flexibility index (Phi) is 2.87. The summed E-state index contributed by atoms with van der Waals surface area (Å²) in [6, 6.07) is 16.8. The van der Waals surface area contributed by atoms with Crippen molar-refractivity contribution < 1.29 is 4.39 Å². The lowest BCUT2D eigenvalue weighted by Crippen LogP contribution is -2.35. The standard InChI is InChI=1S/C18H11FN2O2/c19-12-5-3-6-13(10-12)21-15-9-8-11-4-1-2-7-14(11)16(15)20-17(22)18(21)23/h1-10H,(H,20,22). The maximum atomic E-state index is 13.5. The minimum absolute atomic E-state index is 0.321. The summed E-state index contributed by atoms with van der Waals surface area (Å²) in [6.07, 6.45) is 0. The Morgan fingerprint density at radius 2 is 1.74 bits per heavy atom. The van der Waals surface area contributed by atoms with Crippen molar-refractivity contribution in [2.75, 3.05) is 0 Å². The molecule has 0 aliphatic carbocycles. The Labute approximate surface area is 129 Å². The number of fused-ring (bicyclic) bond motifs is 3. The molecule has 0 saturated carbocycles. The van der Waals surface area contributed by atoms with Crippen LogP contribution < -0.4 is 11.1 Å². The third kappa shape index (κ3) is 2.05. The second-order valence-electron chi connectivity index (χ2n) is 5.26. The molecule has 0 aliphatic heterocycles. The van der Waals surface area contributed by atoms with Gasteiger partial charge in [-0.15, -0.1) is 0 Å². The molecule has 1 N–H and O–H groups in total. The van der Waals surface area contributed by atoms with Crippen LogP contribution in [-0.2, 0) is 0 Å². The number of H-pyrrole nitrogens is 1. The van der Waals surface area contributed by atoms with Gasteiger partial charge in [0.15, 0.2) is 0 Å². The number of halogens is 1. The second kappa shape index (κ2) is 4.91. The van der Waals surface area contributed by atoms with Crippen molar-refractivity contribution in [3.05, 3.63) is 87.2 Å². The monoisotopic (exact) mass is 306 g/mol. The summed E-state index contributed by atoms with van der Waals surface area (Å²) in [5, 5.41) is 1.77. The molecule has 0 radical (unpaired) electrons. The molecule has 4 aromatic rings. The zero-order valence-corrected chi connectivity index (χ0v) is 11.9. The zero-order valence-electron chi connectivity index (χ0n) is 11.9. The lowest BCUT2D eigenvalue weighted by Gasteiger charge is -2.11. The lowest BCUT2D eigenvalue weighted by atomic mass is 10.1. The number of nitrogens with zero attached hydrogens (tertiary/aromatic N) is 1. The molecule has 23 heavy (non-hydrogen) atoms. The topological polar surface area (TPSA) is 54.9 Å². The summed E-state index contributed by atoms with van der Waals surface area (Å²) in [4.78, 5) is 27.0. The molecule has 0 aliphatic rings. The van der Waals surface area contributed by atoms with Gasteiger partial charge in [-0.05, 0) is 29.7 Å². The van der Waals surface area contributed by atoms with Crippen molar-refractivity contribution in [2.45, 2.75) is 0 Å².